The van der Waals surface area contributed by atoms with Crippen LogP contribution in [0.4, 0.5) is 0 Å². The molecule has 1 heterocycles. The van der Waals surface area contributed by atoms with Crippen LogP contribution in [0.1, 0.15) is 25.3 Å². The molecule has 0 aliphatic rings. The molecule has 1 atom stereocenters. The van der Waals surface area contributed by atoms with Crippen LogP contribution in [0.15, 0.2) is 18.3 Å². The lowest BCUT2D eigenvalue weighted by atomic mass is 10.2. The van der Waals surface area contributed by atoms with Crippen LogP contribution >= 0.6 is 11.6 Å². The fourth-order valence-electron chi connectivity index (χ4n) is 1.30. The number of halogens is 1. The zero-order valence-corrected chi connectivity index (χ0v) is 9.67. The van der Waals surface area contributed by atoms with E-state index in [1.807, 2.05) is 6.07 Å². The SMILES string of the molecule is CC(CCCO)NCc1ccc(Cl)nc1. The van der Waals surface area contributed by atoms with E-state index in [4.69, 9.17) is 16.7 Å². The first-order valence-electron chi connectivity index (χ1n) is 5.17. The minimum absolute atomic E-state index is 0.258. The van der Waals surface area contributed by atoms with Crippen molar-refractivity contribution in [1.29, 1.82) is 0 Å². The summed E-state index contributed by atoms with van der Waals surface area (Å²) < 4.78 is 0. The third-order valence-corrected chi connectivity index (χ3v) is 2.46. The molecule has 0 fully saturated rings. The van der Waals surface area contributed by atoms with Crippen molar-refractivity contribution in [2.45, 2.75) is 32.4 Å². The molecule has 0 aliphatic carbocycles. The minimum atomic E-state index is 0.258. The number of aromatic nitrogens is 1. The van der Waals surface area contributed by atoms with Gasteiger partial charge in [0.05, 0.1) is 0 Å². The average molecular weight is 229 g/mol. The Kier molecular flexibility index (Phi) is 5.61. The fourth-order valence-corrected chi connectivity index (χ4v) is 1.41. The van der Waals surface area contributed by atoms with Crippen molar-refractivity contribution in [2.24, 2.45) is 0 Å². The average Bonchev–Trinajstić information content (AvgIpc) is 2.25. The molecule has 3 nitrogen and oxygen atoms in total. The number of rotatable bonds is 6. The van der Waals surface area contributed by atoms with Crippen LogP contribution in [0.5, 0.6) is 0 Å². The van der Waals surface area contributed by atoms with Gasteiger partial charge in [-0.05, 0) is 31.4 Å². The predicted molar refractivity (Wildman–Crippen MR) is 61.9 cm³/mol. The molecule has 1 aromatic heterocycles. The lowest BCUT2D eigenvalue weighted by Crippen LogP contribution is -2.25. The van der Waals surface area contributed by atoms with E-state index in [1.54, 1.807) is 12.3 Å². The molecule has 0 aromatic carbocycles. The Morgan fingerprint density at radius 3 is 2.93 bits per heavy atom. The van der Waals surface area contributed by atoms with Crippen molar-refractivity contribution in [3.8, 4) is 0 Å². The molecular formula is C11H17ClN2O. The lowest BCUT2D eigenvalue weighted by molar-refractivity contribution is 0.276. The standard InChI is InChI=1S/C11H17ClN2O/c1-9(3-2-6-15)13-7-10-4-5-11(12)14-8-10/h4-5,8-9,13,15H,2-3,6-7H2,1H3. The van der Waals surface area contributed by atoms with Crippen LogP contribution in [0.2, 0.25) is 5.15 Å². The molecule has 15 heavy (non-hydrogen) atoms. The van der Waals surface area contributed by atoms with Crippen molar-refractivity contribution in [3.05, 3.63) is 29.0 Å². The van der Waals surface area contributed by atoms with Crippen LogP contribution < -0.4 is 5.32 Å². The van der Waals surface area contributed by atoms with Crippen LogP contribution in [-0.4, -0.2) is 22.7 Å². The van der Waals surface area contributed by atoms with Gasteiger partial charge in [-0.15, -0.1) is 0 Å². The third kappa shape index (κ3) is 5.11. The Balaban J connectivity index is 2.27. The van der Waals surface area contributed by atoms with Gasteiger partial charge in [-0.2, -0.15) is 0 Å². The first kappa shape index (κ1) is 12.4. The molecule has 0 saturated carbocycles. The molecule has 1 aromatic rings. The molecule has 0 aliphatic heterocycles. The van der Waals surface area contributed by atoms with Gasteiger partial charge in [0.15, 0.2) is 0 Å². The van der Waals surface area contributed by atoms with E-state index in [9.17, 15) is 0 Å². The Labute approximate surface area is 95.5 Å². The van der Waals surface area contributed by atoms with Crippen molar-refractivity contribution < 1.29 is 5.11 Å². The van der Waals surface area contributed by atoms with E-state index in [0.717, 1.165) is 24.9 Å². The normalized spacial score (nSPS) is 12.7. The molecule has 1 rings (SSSR count). The molecule has 0 saturated heterocycles. The maximum atomic E-state index is 8.68. The summed E-state index contributed by atoms with van der Waals surface area (Å²) in [5.74, 6) is 0. The quantitative estimate of drug-likeness (QED) is 0.732. The van der Waals surface area contributed by atoms with Crippen molar-refractivity contribution in [1.82, 2.24) is 10.3 Å². The number of hydrogen-bond donors (Lipinski definition) is 2. The number of aliphatic hydroxyl groups is 1. The number of nitrogens with zero attached hydrogens (tertiary/aromatic N) is 1. The number of aliphatic hydroxyl groups excluding tert-OH is 1. The molecule has 2 N–H and O–H groups in total. The van der Waals surface area contributed by atoms with Gasteiger partial charge < -0.3 is 10.4 Å². The molecule has 1 unspecified atom stereocenters. The van der Waals surface area contributed by atoms with Gasteiger partial charge in [-0.3, -0.25) is 0 Å². The highest BCUT2D eigenvalue weighted by Gasteiger charge is 2.01. The maximum absolute atomic E-state index is 8.68. The highest BCUT2D eigenvalue weighted by atomic mass is 35.5. The van der Waals surface area contributed by atoms with Gasteiger partial charge in [0.2, 0.25) is 0 Å². The minimum Gasteiger partial charge on any atom is -0.396 e. The van der Waals surface area contributed by atoms with Gasteiger partial charge in [0, 0.05) is 25.4 Å². The highest BCUT2D eigenvalue weighted by molar-refractivity contribution is 6.29. The van der Waals surface area contributed by atoms with Crippen LogP contribution in [0.3, 0.4) is 0 Å². The van der Waals surface area contributed by atoms with Gasteiger partial charge >= 0.3 is 0 Å². The first-order valence-corrected chi connectivity index (χ1v) is 5.55. The number of hydrogen-bond acceptors (Lipinski definition) is 3. The summed E-state index contributed by atoms with van der Waals surface area (Å²) in [6, 6.07) is 4.16. The second kappa shape index (κ2) is 6.77. The number of pyridine rings is 1. The summed E-state index contributed by atoms with van der Waals surface area (Å²) in [6.45, 7) is 3.16. The fraction of sp³-hybridized carbons (Fsp3) is 0.545. The molecule has 0 amide bonds. The Morgan fingerprint density at radius 2 is 2.33 bits per heavy atom. The molecule has 0 bridgehead atoms. The largest absolute Gasteiger partial charge is 0.396 e. The second-order valence-electron chi connectivity index (χ2n) is 3.64. The van der Waals surface area contributed by atoms with E-state index in [2.05, 4.69) is 17.2 Å². The van der Waals surface area contributed by atoms with E-state index in [0.29, 0.717) is 11.2 Å². The van der Waals surface area contributed by atoms with Gasteiger partial charge in [-0.25, -0.2) is 4.98 Å². The molecule has 84 valence electrons. The number of nitrogens with one attached hydrogen (secondary N) is 1. The van der Waals surface area contributed by atoms with Crippen LogP contribution in [0, 0.1) is 0 Å². The summed E-state index contributed by atoms with van der Waals surface area (Å²) >= 11 is 5.68. The van der Waals surface area contributed by atoms with Crippen molar-refractivity contribution in [2.75, 3.05) is 6.61 Å². The van der Waals surface area contributed by atoms with E-state index >= 15 is 0 Å². The van der Waals surface area contributed by atoms with Gasteiger partial charge in [0.1, 0.15) is 5.15 Å². The Hall–Kier alpha value is -0.640. The third-order valence-electron chi connectivity index (χ3n) is 2.24. The van der Waals surface area contributed by atoms with Gasteiger partial charge in [-0.1, -0.05) is 17.7 Å². The van der Waals surface area contributed by atoms with Crippen LogP contribution in [-0.2, 0) is 6.54 Å². The molecule has 0 spiro atoms. The zero-order valence-electron chi connectivity index (χ0n) is 8.91. The predicted octanol–water partition coefficient (Wildman–Crippen LogP) is 1.99. The Bertz CT molecular complexity index is 276. The smallest absolute Gasteiger partial charge is 0.129 e. The second-order valence-corrected chi connectivity index (χ2v) is 4.02. The van der Waals surface area contributed by atoms with Crippen molar-refractivity contribution >= 4 is 11.6 Å². The van der Waals surface area contributed by atoms with E-state index in [1.165, 1.54) is 0 Å². The maximum Gasteiger partial charge on any atom is 0.129 e. The first-order chi connectivity index (χ1) is 7.22. The highest BCUT2D eigenvalue weighted by Crippen LogP contribution is 2.05. The summed E-state index contributed by atoms with van der Waals surface area (Å²) in [5, 5.41) is 12.6. The lowest BCUT2D eigenvalue weighted by Gasteiger charge is -2.12. The summed E-state index contributed by atoms with van der Waals surface area (Å²) in [4.78, 5) is 4.00. The van der Waals surface area contributed by atoms with E-state index in [-0.39, 0.29) is 6.61 Å². The monoisotopic (exact) mass is 228 g/mol. The Morgan fingerprint density at radius 1 is 1.53 bits per heavy atom. The zero-order chi connectivity index (χ0) is 11.1. The molecular weight excluding hydrogens is 212 g/mol. The van der Waals surface area contributed by atoms with E-state index < -0.39 is 0 Å². The van der Waals surface area contributed by atoms with Gasteiger partial charge in [0.25, 0.3) is 0 Å². The summed E-state index contributed by atoms with van der Waals surface area (Å²) in [5.41, 5.74) is 1.12. The van der Waals surface area contributed by atoms with Crippen molar-refractivity contribution in [3.63, 3.8) is 0 Å². The molecule has 0 radical (unpaired) electrons. The summed E-state index contributed by atoms with van der Waals surface area (Å²) in [6.07, 6.45) is 3.60. The molecule has 4 heteroatoms. The van der Waals surface area contributed by atoms with Crippen LogP contribution in [0.25, 0.3) is 0 Å². The summed E-state index contributed by atoms with van der Waals surface area (Å²) in [7, 11) is 0. The topological polar surface area (TPSA) is 45.1 Å².